The molecule has 14 nitrogen and oxygen atoms in total. The Morgan fingerprint density at radius 3 is 2.26 bits per heavy atom. The van der Waals surface area contributed by atoms with E-state index < -0.39 is 77.5 Å². The predicted molar refractivity (Wildman–Crippen MR) is 264 cm³/mol. The van der Waals surface area contributed by atoms with E-state index in [0.717, 1.165) is 45.5 Å². The molecule has 3 N–H and O–H groups in total. The van der Waals surface area contributed by atoms with E-state index in [0.29, 0.717) is 25.3 Å². The normalized spacial score (nSPS) is 34.0. The number of aliphatic hydroxyl groups excluding tert-OH is 1. The van der Waals surface area contributed by atoms with Gasteiger partial charge in [-0.25, -0.2) is 0 Å². The first-order chi connectivity index (χ1) is 32.3. The van der Waals surface area contributed by atoms with Crippen LogP contribution in [-0.4, -0.2) is 135 Å². The fourth-order valence-electron chi connectivity index (χ4n) is 11.5. The molecule has 14 heteroatoms. The third-order valence-corrected chi connectivity index (χ3v) is 15.2. The number of carbonyl (C=O) groups excluding carboxylic acids is 3. The first kappa shape index (κ1) is 52.4. The number of furan rings is 1. The van der Waals surface area contributed by atoms with E-state index in [1.54, 1.807) is 27.7 Å². The van der Waals surface area contributed by atoms with Gasteiger partial charge in [0.25, 0.3) is 0 Å². The number of ether oxygens (including phenoxy) is 4. The number of aliphatic hydroxyl groups is 3. The molecule has 0 saturated carbocycles. The van der Waals surface area contributed by atoms with Crippen molar-refractivity contribution < 1.29 is 53.1 Å². The third-order valence-electron chi connectivity index (χ3n) is 15.2. The number of fused-ring (bicyclic) bond motifs is 2. The second kappa shape index (κ2) is 20.4. The van der Waals surface area contributed by atoms with Gasteiger partial charge in [-0.15, -0.1) is 0 Å². The van der Waals surface area contributed by atoms with Crippen LogP contribution in [0.2, 0.25) is 0 Å². The summed E-state index contributed by atoms with van der Waals surface area (Å²) in [6.07, 6.45) is -4.79. The second-order valence-electron chi connectivity index (χ2n) is 22.1. The van der Waals surface area contributed by atoms with Gasteiger partial charge in [0.1, 0.15) is 35.1 Å². The number of nitrogens with zero attached hydrogens (tertiary/aromatic N) is 3. The highest BCUT2D eigenvalue weighted by Gasteiger charge is 2.51. The Balaban J connectivity index is 1.26. The number of carbonyl (C=O) groups is 3. The zero-order valence-electron chi connectivity index (χ0n) is 43.0. The number of benzene rings is 2. The van der Waals surface area contributed by atoms with E-state index in [4.69, 9.17) is 23.4 Å². The van der Waals surface area contributed by atoms with E-state index in [1.165, 1.54) is 13.8 Å². The Kier molecular flexibility index (Phi) is 15.5. The molecule has 0 bridgehead atoms. The first-order valence-electron chi connectivity index (χ1n) is 24.9. The molecule has 5 heterocycles. The van der Waals surface area contributed by atoms with Crippen LogP contribution >= 0.6 is 0 Å². The molecule has 3 aliphatic heterocycles. The van der Waals surface area contributed by atoms with Crippen LogP contribution < -0.4 is 0 Å². The minimum atomic E-state index is -1.84. The molecule has 2 aromatic heterocycles. The molecule has 0 unspecified atom stereocenters. The Bertz CT molecular complexity index is 2420. The van der Waals surface area contributed by atoms with Crippen LogP contribution in [-0.2, 0) is 52.7 Å². The molecule has 13 atom stereocenters. The van der Waals surface area contributed by atoms with Crippen LogP contribution in [0.5, 0.6) is 0 Å². The van der Waals surface area contributed by atoms with E-state index in [-0.39, 0.29) is 42.7 Å². The van der Waals surface area contributed by atoms with Crippen LogP contribution in [0.4, 0.5) is 0 Å². The van der Waals surface area contributed by atoms with E-state index in [2.05, 4.69) is 30.5 Å². The lowest BCUT2D eigenvalue weighted by Crippen LogP contribution is -2.60. The standard InChI is InChI=1S/C55H77N3O11/c1-14-43-55(10,64)49(61)35(6)57(13)29-31(2)27-54(9,63)50(33(4)47(60)34(5)51(62)67-43)69-52-48(39(56(11)12)24-32(3)65-52)68-44(59)26-38-46(42-25-37-22-18-19-23-41(37)66-42)45(36-20-16-15-17-21-36)40-28-53(7,8)30-58(38)40/h15-23,25,31-35,39,43,48-50,52,61,63-64H,14,24,26-30H2,1-13H3/t31-,32-,33+,34-,35-,39+,43-,48-,49-,50-,52+,54-,55-/m1/s1. The van der Waals surface area contributed by atoms with Gasteiger partial charge >= 0.3 is 11.9 Å². The van der Waals surface area contributed by atoms with Gasteiger partial charge in [0.2, 0.25) is 0 Å². The Hall–Kier alpha value is -4.41. The Morgan fingerprint density at radius 1 is 0.942 bits per heavy atom. The SMILES string of the molecule is CC[C@H]1OC(=O)[C@H](C)C(=O)[C@H](C)[C@@H](O[C@@H]2O[C@H](C)C[C@H](N(C)C)[C@H]2OC(=O)Cc2c(-c3cc4ccccc4o3)c(-c3ccccc3)c3n2CC(C)(C)C3)[C@](C)(O)C[C@@H](C)CN(C)[C@H](C)[C@@H](O)[C@]1(C)O. The number of hydrogen-bond acceptors (Lipinski definition) is 13. The maximum absolute atomic E-state index is 14.9. The van der Waals surface area contributed by atoms with Crippen molar-refractivity contribution in [3.05, 3.63) is 72.1 Å². The van der Waals surface area contributed by atoms with Gasteiger partial charge in [0.15, 0.2) is 18.2 Å². The fourth-order valence-corrected chi connectivity index (χ4v) is 11.5. The number of likely N-dealkylation sites (N-methyl/N-ethyl adjacent to an activating group) is 2. The van der Waals surface area contributed by atoms with Crippen molar-refractivity contribution in [3.63, 3.8) is 0 Å². The van der Waals surface area contributed by atoms with Crippen LogP contribution in [0.3, 0.4) is 0 Å². The quantitative estimate of drug-likeness (QED) is 0.112. The predicted octanol–water partition coefficient (Wildman–Crippen LogP) is 7.44. The van der Waals surface area contributed by atoms with E-state index >= 15 is 0 Å². The number of para-hydroxylation sites is 1. The maximum atomic E-state index is 14.9. The molecule has 0 spiro atoms. The largest absolute Gasteiger partial charge is 0.459 e. The molecule has 0 amide bonds. The monoisotopic (exact) mass is 956 g/mol. The molecular formula is C55H77N3O11. The van der Waals surface area contributed by atoms with Gasteiger partial charge < -0.3 is 53.1 Å². The lowest BCUT2D eigenvalue weighted by molar-refractivity contribution is -0.296. The summed E-state index contributed by atoms with van der Waals surface area (Å²) in [6.45, 7) is 19.1. The highest BCUT2D eigenvalue weighted by atomic mass is 16.7. The average molecular weight is 956 g/mol. The summed E-state index contributed by atoms with van der Waals surface area (Å²) in [5.74, 6) is -3.90. The van der Waals surface area contributed by atoms with Gasteiger partial charge in [-0.05, 0) is 110 Å². The summed E-state index contributed by atoms with van der Waals surface area (Å²) in [5, 5.41) is 36.7. The molecule has 0 radical (unpaired) electrons. The summed E-state index contributed by atoms with van der Waals surface area (Å²) >= 11 is 0. The number of Topliss-reactive ketones (excluding diaryl/α,β-unsaturated/α-hetero) is 1. The number of rotatable bonds is 9. The zero-order chi connectivity index (χ0) is 50.5. The summed E-state index contributed by atoms with van der Waals surface area (Å²) in [7, 11) is 5.64. The van der Waals surface area contributed by atoms with Crippen molar-refractivity contribution in [1.82, 2.24) is 14.4 Å². The van der Waals surface area contributed by atoms with E-state index in [9.17, 15) is 29.7 Å². The first-order valence-corrected chi connectivity index (χ1v) is 24.9. The minimum Gasteiger partial charge on any atom is -0.459 e. The highest BCUT2D eigenvalue weighted by Crippen LogP contribution is 2.48. The molecule has 3 aliphatic rings. The molecule has 2 aromatic carbocycles. The van der Waals surface area contributed by atoms with Crippen LogP contribution in [0.15, 0.2) is 65.1 Å². The number of ketones is 1. The van der Waals surface area contributed by atoms with Crippen molar-refractivity contribution in [2.45, 2.75) is 168 Å². The van der Waals surface area contributed by atoms with Gasteiger partial charge in [0, 0.05) is 53.0 Å². The van der Waals surface area contributed by atoms with E-state index in [1.807, 2.05) is 93.3 Å². The zero-order valence-corrected chi connectivity index (χ0v) is 43.0. The number of hydrogen-bond donors (Lipinski definition) is 3. The molecular weight excluding hydrogens is 879 g/mol. The summed E-state index contributed by atoms with van der Waals surface area (Å²) in [4.78, 5) is 47.1. The Morgan fingerprint density at radius 2 is 1.61 bits per heavy atom. The van der Waals surface area contributed by atoms with Crippen LogP contribution in [0.1, 0.15) is 99.9 Å². The Labute approximate surface area is 408 Å². The van der Waals surface area contributed by atoms with Gasteiger partial charge in [0.05, 0.1) is 30.3 Å². The van der Waals surface area contributed by atoms with Crippen molar-refractivity contribution in [3.8, 4) is 22.5 Å². The summed E-state index contributed by atoms with van der Waals surface area (Å²) in [5.41, 5.74) is 1.91. The molecule has 69 heavy (non-hydrogen) atoms. The van der Waals surface area contributed by atoms with Gasteiger partial charge in [-0.3, -0.25) is 14.4 Å². The molecule has 2 saturated heterocycles. The molecule has 7 rings (SSSR count). The van der Waals surface area contributed by atoms with Crippen LogP contribution in [0.25, 0.3) is 33.4 Å². The minimum absolute atomic E-state index is 0.0831. The lowest BCUT2D eigenvalue weighted by atomic mass is 9.78. The number of esters is 2. The van der Waals surface area contributed by atoms with Gasteiger partial charge in [-0.1, -0.05) is 83.1 Å². The second-order valence-corrected chi connectivity index (χ2v) is 22.1. The van der Waals surface area contributed by atoms with Crippen molar-refractivity contribution in [2.24, 2.45) is 23.2 Å². The van der Waals surface area contributed by atoms with Gasteiger partial charge in [-0.2, -0.15) is 0 Å². The molecule has 378 valence electrons. The highest BCUT2D eigenvalue weighted by molar-refractivity contribution is 6.00. The smallest absolute Gasteiger partial charge is 0.316 e. The maximum Gasteiger partial charge on any atom is 0.316 e. The molecule has 2 fully saturated rings. The van der Waals surface area contributed by atoms with Crippen molar-refractivity contribution >= 4 is 28.7 Å². The molecule has 0 aliphatic carbocycles. The number of aromatic nitrogens is 1. The van der Waals surface area contributed by atoms with Crippen molar-refractivity contribution in [1.29, 1.82) is 0 Å². The average Bonchev–Trinajstić information content (AvgIpc) is 3.94. The summed E-state index contributed by atoms with van der Waals surface area (Å²) in [6, 6.07) is 19.1. The van der Waals surface area contributed by atoms with Crippen molar-refractivity contribution in [2.75, 3.05) is 27.7 Å². The third kappa shape index (κ3) is 10.8. The molecule has 4 aromatic rings. The lowest BCUT2D eigenvalue weighted by Gasteiger charge is -2.46. The summed E-state index contributed by atoms with van der Waals surface area (Å²) < 4.78 is 34.8. The topological polar surface area (TPSA) is 173 Å². The fraction of sp³-hybridized carbons (Fsp3) is 0.618. The van der Waals surface area contributed by atoms with Crippen LogP contribution in [0, 0.1) is 23.2 Å². The number of cyclic esters (lactones) is 1.